The van der Waals surface area contributed by atoms with Gasteiger partial charge in [0.1, 0.15) is 6.54 Å². The van der Waals surface area contributed by atoms with Crippen LogP contribution in [0.1, 0.15) is 13.8 Å². The second-order valence-corrected chi connectivity index (χ2v) is 7.76. The van der Waals surface area contributed by atoms with Crippen LogP contribution in [0.25, 0.3) is 0 Å². The molecule has 9 heteroatoms. The minimum Gasteiger partial charge on any atom is -0.399 e. The third kappa shape index (κ3) is 5.15. The summed E-state index contributed by atoms with van der Waals surface area (Å²) in [5.74, 6) is -0.248. The van der Waals surface area contributed by atoms with Crippen LogP contribution in [-0.2, 0) is 10.0 Å². The van der Waals surface area contributed by atoms with Gasteiger partial charge in [0.25, 0.3) is 0 Å². The Morgan fingerprint density at radius 1 is 1.33 bits per heavy atom. The molecule has 0 saturated heterocycles. The van der Waals surface area contributed by atoms with E-state index >= 15 is 0 Å². The van der Waals surface area contributed by atoms with Crippen LogP contribution in [0.2, 0.25) is 0 Å². The highest BCUT2D eigenvalue weighted by Gasteiger charge is 2.38. The van der Waals surface area contributed by atoms with Gasteiger partial charge in [-0.15, -0.1) is 0 Å². The summed E-state index contributed by atoms with van der Waals surface area (Å²) in [4.78, 5) is -0.271. The van der Waals surface area contributed by atoms with Gasteiger partial charge in [-0.05, 0) is 40.0 Å². The highest BCUT2D eigenvalue weighted by molar-refractivity contribution is 9.10. The Labute approximate surface area is 130 Å². The number of alkyl halides is 3. The first-order valence-corrected chi connectivity index (χ1v) is 8.28. The van der Waals surface area contributed by atoms with Crippen molar-refractivity contribution in [3.63, 3.8) is 0 Å². The topological polar surface area (TPSA) is 63.4 Å². The third-order valence-corrected chi connectivity index (χ3v) is 5.30. The van der Waals surface area contributed by atoms with E-state index in [-0.39, 0.29) is 27.5 Å². The summed E-state index contributed by atoms with van der Waals surface area (Å²) in [5, 5.41) is 0. The number of hydrogen-bond acceptors (Lipinski definition) is 3. The lowest BCUT2D eigenvalue weighted by molar-refractivity contribution is -0.136. The number of benzene rings is 1. The van der Waals surface area contributed by atoms with Crippen LogP contribution in [-0.4, -0.2) is 32.0 Å². The van der Waals surface area contributed by atoms with Crippen LogP contribution in [0, 0.1) is 5.92 Å². The van der Waals surface area contributed by atoms with Crippen molar-refractivity contribution < 1.29 is 21.6 Å². The molecule has 0 aromatic heterocycles. The Hall–Kier alpha value is -0.800. The summed E-state index contributed by atoms with van der Waals surface area (Å²) >= 11 is 3.04. The van der Waals surface area contributed by atoms with Gasteiger partial charge >= 0.3 is 6.18 Å². The molecule has 1 rings (SSSR count). The number of anilines is 1. The van der Waals surface area contributed by atoms with Crippen LogP contribution in [0.5, 0.6) is 0 Å². The van der Waals surface area contributed by atoms with E-state index in [2.05, 4.69) is 15.9 Å². The molecule has 4 nitrogen and oxygen atoms in total. The zero-order valence-corrected chi connectivity index (χ0v) is 13.9. The third-order valence-electron chi connectivity index (χ3n) is 2.50. The highest BCUT2D eigenvalue weighted by Crippen LogP contribution is 2.29. The molecule has 0 fully saturated rings. The van der Waals surface area contributed by atoms with Gasteiger partial charge in [0.15, 0.2) is 0 Å². The van der Waals surface area contributed by atoms with Crippen molar-refractivity contribution in [3.05, 3.63) is 22.7 Å². The van der Waals surface area contributed by atoms with Crippen molar-refractivity contribution in [2.24, 2.45) is 5.92 Å². The fourth-order valence-electron chi connectivity index (χ4n) is 1.71. The molecule has 0 amide bonds. The normalized spacial score (nSPS) is 13.1. The average Bonchev–Trinajstić information content (AvgIpc) is 2.29. The van der Waals surface area contributed by atoms with Crippen molar-refractivity contribution in [2.45, 2.75) is 24.9 Å². The molecule has 0 aliphatic heterocycles. The van der Waals surface area contributed by atoms with Gasteiger partial charge in [-0.1, -0.05) is 13.8 Å². The summed E-state index contributed by atoms with van der Waals surface area (Å²) in [7, 11) is -4.30. The Bertz CT molecular complexity index is 603. The summed E-state index contributed by atoms with van der Waals surface area (Å²) in [6.45, 7) is 1.53. The van der Waals surface area contributed by atoms with Crippen molar-refractivity contribution >= 4 is 31.6 Å². The molecule has 0 heterocycles. The predicted octanol–water partition coefficient (Wildman–Crippen LogP) is 3.24. The molecule has 120 valence electrons. The van der Waals surface area contributed by atoms with Crippen molar-refractivity contribution in [2.75, 3.05) is 18.8 Å². The monoisotopic (exact) mass is 388 g/mol. The quantitative estimate of drug-likeness (QED) is 0.787. The minimum atomic E-state index is -4.62. The minimum absolute atomic E-state index is 0.160. The number of nitrogens with zero attached hydrogens (tertiary/aromatic N) is 1. The lowest BCUT2D eigenvalue weighted by atomic mass is 10.2. The van der Waals surface area contributed by atoms with Crippen LogP contribution in [0.15, 0.2) is 27.6 Å². The van der Waals surface area contributed by atoms with E-state index in [0.29, 0.717) is 4.31 Å². The van der Waals surface area contributed by atoms with Crippen molar-refractivity contribution in [1.29, 1.82) is 0 Å². The first-order chi connectivity index (χ1) is 9.43. The number of sulfonamides is 1. The lowest BCUT2D eigenvalue weighted by Gasteiger charge is -2.25. The Balaban J connectivity index is 3.29. The maximum Gasteiger partial charge on any atom is 0.402 e. The van der Waals surface area contributed by atoms with Gasteiger partial charge in [0, 0.05) is 16.7 Å². The van der Waals surface area contributed by atoms with Crippen LogP contribution in [0.3, 0.4) is 0 Å². The van der Waals surface area contributed by atoms with Gasteiger partial charge in [0.05, 0.1) is 4.90 Å². The molecule has 1 aromatic carbocycles. The SMILES string of the molecule is CC(C)CN(CC(F)(F)F)S(=O)(=O)c1cc(N)ccc1Br. The fraction of sp³-hybridized carbons (Fsp3) is 0.500. The molecule has 1 aromatic rings. The molecule has 0 saturated carbocycles. The predicted molar refractivity (Wildman–Crippen MR) is 78.2 cm³/mol. The van der Waals surface area contributed by atoms with Crippen LogP contribution >= 0.6 is 15.9 Å². The van der Waals surface area contributed by atoms with E-state index in [1.54, 1.807) is 13.8 Å². The zero-order chi connectivity index (χ0) is 16.4. The summed E-state index contributed by atoms with van der Waals surface area (Å²) < 4.78 is 63.4. The maximum atomic E-state index is 12.6. The molecule has 0 radical (unpaired) electrons. The highest BCUT2D eigenvalue weighted by atomic mass is 79.9. The second kappa shape index (κ2) is 6.53. The first kappa shape index (κ1) is 18.2. The molecule has 0 spiro atoms. The molecular weight excluding hydrogens is 373 g/mol. The number of halogens is 4. The largest absolute Gasteiger partial charge is 0.402 e. The summed E-state index contributed by atoms with van der Waals surface area (Å²) in [5.41, 5.74) is 5.69. The molecule has 0 unspecified atom stereocenters. The van der Waals surface area contributed by atoms with Crippen LogP contribution < -0.4 is 5.73 Å². The van der Waals surface area contributed by atoms with Gasteiger partial charge in [-0.25, -0.2) is 8.42 Å². The molecular formula is C12H16BrF3N2O2S. The van der Waals surface area contributed by atoms with Gasteiger partial charge in [0.2, 0.25) is 10.0 Å². The maximum absolute atomic E-state index is 12.6. The van der Waals surface area contributed by atoms with E-state index in [0.717, 1.165) is 6.07 Å². The van der Waals surface area contributed by atoms with E-state index in [1.807, 2.05) is 0 Å². The van der Waals surface area contributed by atoms with E-state index in [9.17, 15) is 21.6 Å². The number of rotatable bonds is 5. The molecule has 0 aliphatic rings. The Kier molecular flexibility index (Phi) is 5.68. The number of hydrogen-bond donors (Lipinski definition) is 1. The van der Waals surface area contributed by atoms with Gasteiger partial charge in [-0.3, -0.25) is 0 Å². The van der Waals surface area contributed by atoms with Gasteiger partial charge in [-0.2, -0.15) is 17.5 Å². The average molecular weight is 389 g/mol. The zero-order valence-electron chi connectivity index (χ0n) is 11.5. The lowest BCUT2D eigenvalue weighted by Crippen LogP contribution is -2.41. The Morgan fingerprint density at radius 2 is 1.90 bits per heavy atom. The molecule has 0 bridgehead atoms. The van der Waals surface area contributed by atoms with E-state index < -0.39 is 22.7 Å². The van der Waals surface area contributed by atoms with E-state index in [1.165, 1.54) is 12.1 Å². The number of nitrogens with two attached hydrogens (primary N) is 1. The molecule has 2 N–H and O–H groups in total. The Morgan fingerprint density at radius 3 is 2.38 bits per heavy atom. The van der Waals surface area contributed by atoms with Crippen LogP contribution in [0.4, 0.5) is 18.9 Å². The standard InChI is InChI=1S/C12H16BrF3N2O2S/c1-8(2)6-18(7-12(14,15)16)21(19,20)11-5-9(17)3-4-10(11)13/h3-5,8H,6-7,17H2,1-2H3. The summed E-state index contributed by atoms with van der Waals surface area (Å²) in [6.07, 6.45) is -4.62. The molecule has 0 atom stereocenters. The second-order valence-electron chi connectivity index (χ2n) is 5.00. The van der Waals surface area contributed by atoms with Crippen molar-refractivity contribution in [1.82, 2.24) is 4.31 Å². The summed E-state index contributed by atoms with van der Waals surface area (Å²) in [6, 6.07) is 3.99. The smallest absolute Gasteiger partial charge is 0.399 e. The van der Waals surface area contributed by atoms with E-state index in [4.69, 9.17) is 5.73 Å². The number of nitrogen functional groups attached to an aromatic ring is 1. The molecule has 21 heavy (non-hydrogen) atoms. The van der Waals surface area contributed by atoms with Gasteiger partial charge < -0.3 is 5.73 Å². The first-order valence-electron chi connectivity index (χ1n) is 6.05. The molecule has 0 aliphatic carbocycles. The van der Waals surface area contributed by atoms with Crippen molar-refractivity contribution in [3.8, 4) is 0 Å². The fourth-order valence-corrected chi connectivity index (χ4v) is 4.26.